The number of pyridine rings is 1. The minimum absolute atomic E-state index is 0.226. The largest absolute Gasteiger partial charge is 0.508 e. The zero-order valence-corrected chi connectivity index (χ0v) is 13.1. The molecule has 106 valence electrons. The molecule has 0 aliphatic carbocycles. The lowest BCUT2D eigenvalue weighted by molar-refractivity contribution is 0.474. The summed E-state index contributed by atoms with van der Waals surface area (Å²) in [5, 5.41) is 12.9. The van der Waals surface area contributed by atoms with Crippen molar-refractivity contribution < 1.29 is 5.11 Å². The Kier molecular flexibility index (Phi) is 5.56. The van der Waals surface area contributed by atoms with Gasteiger partial charge in [0.05, 0.1) is 0 Å². The summed E-state index contributed by atoms with van der Waals surface area (Å²) in [5.41, 5.74) is 2.36. The van der Waals surface area contributed by atoms with Crippen LogP contribution in [0.5, 0.6) is 5.75 Å². The number of aromatic nitrogens is 1. The number of hydrogen-bond acceptors (Lipinski definition) is 3. The summed E-state index contributed by atoms with van der Waals surface area (Å²) in [6.45, 7) is 3.12. The first-order chi connectivity index (χ1) is 9.69. The Bertz CT molecular complexity index is 542. The van der Waals surface area contributed by atoms with Gasteiger partial charge in [-0.15, -0.1) is 0 Å². The Balaban J connectivity index is 2.16. The molecule has 0 radical (unpaired) electrons. The molecule has 1 aromatic carbocycles. The summed E-state index contributed by atoms with van der Waals surface area (Å²) >= 11 is 3.47. The lowest BCUT2D eigenvalue weighted by Gasteiger charge is -2.19. The molecule has 0 aliphatic heterocycles. The summed E-state index contributed by atoms with van der Waals surface area (Å²) in [5.74, 6) is 0.302. The molecule has 1 unspecified atom stereocenters. The van der Waals surface area contributed by atoms with E-state index in [0.29, 0.717) is 5.75 Å². The predicted octanol–water partition coefficient (Wildman–Crippen LogP) is 3.83. The Morgan fingerprint density at radius 3 is 2.65 bits per heavy atom. The average molecular weight is 335 g/mol. The number of halogens is 1. The third-order valence-corrected chi connectivity index (χ3v) is 3.58. The fourth-order valence-electron chi connectivity index (χ4n) is 2.11. The Hall–Kier alpha value is -1.39. The lowest BCUT2D eigenvalue weighted by atomic mass is 10.00. The third kappa shape index (κ3) is 4.32. The van der Waals surface area contributed by atoms with Gasteiger partial charge in [-0.3, -0.25) is 4.98 Å². The highest BCUT2D eigenvalue weighted by molar-refractivity contribution is 9.10. The molecule has 0 saturated heterocycles. The van der Waals surface area contributed by atoms with Crippen LogP contribution in [-0.4, -0.2) is 16.6 Å². The first-order valence-corrected chi connectivity index (χ1v) is 7.60. The zero-order valence-electron chi connectivity index (χ0n) is 11.5. The van der Waals surface area contributed by atoms with E-state index in [0.717, 1.165) is 23.9 Å². The van der Waals surface area contributed by atoms with Crippen LogP contribution in [0.4, 0.5) is 0 Å². The van der Waals surface area contributed by atoms with E-state index in [1.54, 1.807) is 18.3 Å². The molecule has 4 heteroatoms. The maximum absolute atomic E-state index is 9.35. The topological polar surface area (TPSA) is 45.1 Å². The molecule has 0 spiro atoms. The maximum Gasteiger partial charge on any atom is 0.115 e. The van der Waals surface area contributed by atoms with Crippen molar-refractivity contribution in [1.82, 2.24) is 10.3 Å². The molecule has 2 aromatic rings. The minimum Gasteiger partial charge on any atom is -0.508 e. The monoisotopic (exact) mass is 334 g/mol. The van der Waals surface area contributed by atoms with E-state index < -0.39 is 0 Å². The first kappa shape index (κ1) is 15.0. The van der Waals surface area contributed by atoms with Crippen LogP contribution >= 0.6 is 15.9 Å². The molecule has 3 nitrogen and oxygen atoms in total. The van der Waals surface area contributed by atoms with Crippen molar-refractivity contribution >= 4 is 15.9 Å². The molecular weight excluding hydrogens is 316 g/mol. The Morgan fingerprint density at radius 1 is 1.25 bits per heavy atom. The van der Waals surface area contributed by atoms with E-state index in [-0.39, 0.29) is 6.04 Å². The van der Waals surface area contributed by atoms with Crippen molar-refractivity contribution in [2.75, 3.05) is 6.54 Å². The second-order valence-corrected chi connectivity index (χ2v) is 5.73. The summed E-state index contributed by atoms with van der Waals surface area (Å²) < 4.78 is 0.990. The van der Waals surface area contributed by atoms with Gasteiger partial charge in [-0.2, -0.15) is 0 Å². The molecule has 1 heterocycles. The van der Waals surface area contributed by atoms with Crippen LogP contribution in [0, 0.1) is 0 Å². The van der Waals surface area contributed by atoms with E-state index in [2.05, 4.69) is 39.2 Å². The van der Waals surface area contributed by atoms with Crippen LogP contribution in [0.25, 0.3) is 0 Å². The number of nitrogens with zero attached hydrogens (tertiary/aromatic N) is 1. The number of rotatable bonds is 6. The normalized spacial score (nSPS) is 12.3. The predicted molar refractivity (Wildman–Crippen MR) is 84.8 cm³/mol. The number of hydrogen-bond donors (Lipinski definition) is 2. The van der Waals surface area contributed by atoms with Gasteiger partial charge in [0.15, 0.2) is 0 Å². The van der Waals surface area contributed by atoms with Crippen molar-refractivity contribution in [3.63, 3.8) is 0 Å². The van der Waals surface area contributed by atoms with Crippen molar-refractivity contribution in [3.8, 4) is 5.75 Å². The average Bonchev–Trinajstić information content (AvgIpc) is 2.45. The molecule has 2 rings (SSSR count). The molecule has 0 fully saturated rings. The Morgan fingerprint density at radius 2 is 2.00 bits per heavy atom. The quantitative estimate of drug-likeness (QED) is 0.843. The van der Waals surface area contributed by atoms with E-state index in [9.17, 15) is 5.11 Å². The molecule has 0 bridgehead atoms. The highest BCUT2D eigenvalue weighted by atomic mass is 79.9. The van der Waals surface area contributed by atoms with Crippen LogP contribution in [-0.2, 0) is 6.42 Å². The van der Waals surface area contributed by atoms with Crippen molar-refractivity contribution in [2.24, 2.45) is 0 Å². The second-order valence-electron chi connectivity index (χ2n) is 4.81. The van der Waals surface area contributed by atoms with Crippen LogP contribution < -0.4 is 5.32 Å². The minimum atomic E-state index is 0.226. The van der Waals surface area contributed by atoms with Gasteiger partial charge in [0.1, 0.15) is 5.75 Å². The molecule has 0 amide bonds. The smallest absolute Gasteiger partial charge is 0.115 e. The SMILES string of the molecule is CCCNC(Cc1ccc(O)cc1)c1cncc(Br)c1. The highest BCUT2D eigenvalue weighted by Gasteiger charge is 2.12. The molecule has 1 aromatic heterocycles. The van der Waals surface area contributed by atoms with E-state index in [1.807, 2.05) is 18.3 Å². The van der Waals surface area contributed by atoms with Gasteiger partial charge < -0.3 is 10.4 Å². The van der Waals surface area contributed by atoms with Crippen LogP contribution in [0.15, 0.2) is 47.2 Å². The van der Waals surface area contributed by atoms with Gasteiger partial charge in [0.2, 0.25) is 0 Å². The molecule has 2 N–H and O–H groups in total. The number of phenolic OH excluding ortho intramolecular Hbond substituents is 1. The van der Waals surface area contributed by atoms with Crippen LogP contribution in [0.3, 0.4) is 0 Å². The summed E-state index contributed by atoms with van der Waals surface area (Å²) in [7, 11) is 0. The van der Waals surface area contributed by atoms with Crippen molar-refractivity contribution in [1.29, 1.82) is 0 Å². The second kappa shape index (κ2) is 7.41. The molecule has 1 atom stereocenters. The zero-order chi connectivity index (χ0) is 14.4. The van der Waals surface area contributed by atoms with Gasteiger partial charge in [-0.1, -0.05) is 19.1 Å². The van der Waals surface area contributed by atoms with Gasteiger partial charge in [0.25, 0.3) is 0 Å². The fourth-order valence-corrected chi connectivity index (χ4v) is 2.50. The maximum atomic E-state index is 9.35. The van der Waals surface area contributed by atoms with E-state index in [4.69, 9.17) is 0 Å². The molecule has 0 aliphatic rings. The Labute approximate surface area is 128 Å². The van der Waals surface area contributed by atoms with Crippen LogP contribution in [0.2, 0.25) is 0 Å². The van der Waals surface area contributed by atoms with Gasteiger partial charge in [-0.05, 0) is 64.6 Å². The standard InChI is InChI=1S/C16H19BrN2O/c1-2-7-19-16(13-9-14(17)11-18-10-13)8-12-3-5-15(20)6-4-12/h3-6,9-11,16,19-20H,2,7-8H2,1H3. The van der Waals surface area contributed by atoms with Gasteiger partial charge >= 0.3 is 0 Å². The molecule has 0 saturated carbocycles. The summed E-state index contributed by atoms with van der Waals surface area (Å²) in [6, 6.07) is 9.70. The first-order valence-electron chi connectivity index (χ1n) is 6.80. The number of benzene rings is 1. The summed E-state index contributed by atoms with van der Waals surface area (Å²) in [4.78, 5) is 4.24. The third-order valence-electron chi connectivity index (χ3n) is 3.15. The molecule has 20 heavy (non-hydrogen) atoms. The van der Waals surface area contributed by atoms with Crippen molar-refractivity contribution in [3.05, 3.63) is 58.3 Å². The number of phenols is 1. The van der Waals surface area contributed by atoms with Crippen LogP contribution in [0.1, 0.15) is 30.5 Å². The highest BCUT2D eigenvalue weighted by Crippen LogP contribution is 2.22. The number of aromatic hydroxyl groups is 1. The van der Waals surface area contributed by atoms with E-state index >= 15 is 0 Å². The van der Waals surface area contributed by atoms with Gasteiger partial charge in [-0.25, -0.2) is 0 Å². The van der Waals surface area contributed by atoms with E-state index in [1.165, 1.54) is 11.1 Å². The number of nitrogens with one attached hydrogen (secondary N) is 1. The lowest BCUT2D eigenvalue weighted by Crippen LogP contribution is -2.24. The van der Waals surface area contributed by atoms with Gasteiger partial charge in [0, 0.05) is 22.9 Å². The summed E-state index contributed by atoms with van der Waals surface area (Å²) in [6.07, 6.45) is 5.66. The fraction of sp³-hybridized carbons (Fsp3) is 0.312. The molecular formula is C16H19BrN2O. The van der Waals surface area contributed by atoms with Crippen molar-refractivity contribution in [2.45, 2.75) is 25.8 Å².